The maximum absolute atomic E-state index is 5.32. The molecule has 2 heteroatoms. The van der Waals surface area contributed by atoms with Gasteiger partial charge < -0.3 is 10.1 Å². The molecule has 0 aliphatic carbocycles. The fourth-order valence-electron chi connectivity index (χ4n) is 1.64. The number of hydrogen-bond acceptors (Lipinski definition) is 2. The summed E-state index contributed by atoms with van der Waals surface area (Å²) in [5, 5.41) is 3.43. The average molecular weight is 217 g/mol. The van der Waals surface area contributed by atoms with Crippen LogP contribution in [0.2, 0.25) is 0 Å². The number of benzene rings is 1. The molecule has 0 radical (unpaired) electrons. The molecule has 0 spiro atoms. The van der Waals surface area contributed by atoms with Gasteiger partial charge in [0.05, 0.1) is 7.11 Å². The Morgan fingerprint density at radius 2 is 2.19 bits per heavy atom. The summed E-state index contributed by atoms with van der Waals surface area (Å²) < 4.78 is 5.32. The maximum atomic E-state index is 5.32. The minimum Gasteiger partial charge on any atom is -0.496 e. The van der Waals surface area contributed by atoms with E-state index in [1.54, 1.807) is 7.11 Å². The van der Waals surface area contributed by atoms with Gasteiger partial charge in [-0.1, -0.05) is 18.2 Å². The van der Waals surface area contributed by atoms with Crippen molar-refractivity contribution in [1.29, 1.82) is 0 Å². The zero-order chi connectivity index (χ0) is 11.8. The lowest BCUT2D eigenvalue weighted by Crippen LogP contribution is -2.20. The molecule has 1 N–H and O–H groups in total. The first-order chi connectivity index (χ1) is 7.79. The molecule has 2 nitrogen and oxygen atoms in total. The van der Waals surface area contributed by atoms with Crippen molar-refractivity contribution in [3.8, 4) is 18.1 Å². The zero-order valence-electron chi connectivity index (χ0n) is 9.99. The van der Waals surface area contributed by atoms with Gasteiger partial charge in [-0.05, 0) is 26.0 Å². The number of unbranched alkanes of at least 4 members (excludes halogenated alkanes) is 1. The average Bonchev–Trinajstić information content (AvgIpc) is 2.34. The van der Waals surface area contributed by atoms with Gasteiger partial charge >= 0.3 is 0 Å². The molecule has 0 fully saturated rings. The fraction of sp³-hybridized carbons (Fsp3) is 0.429. The summed E-state index contributed by atoms with van der Waals surface area (Å²) in [6.45, 7) is 3.07. The summed E-state index contributed by atoms with van der Waals surface area (Å²) in [7, 11) is 1.70. The molecule has 1 rings (SSSR count). The van der Waals surface area contributed by atoms with Crippen molar-refractivity contribution in [2.75, 3.05) is 13.7 Å². The zero-order valence-corrected chi connectivity index (χ0v) is 9.99. The van der Waals surface area contributed by atoms with Crippen molar-refractivity contribution in [2.24, 2.45) is 0 Å². The Balaban J connectivity index is 2.52. The molecule has 0 aliphatic rings. The number of methoxy groups -OCH3 is 1. The summed E-state index contributed by atoms with van der Waals surface area (Å²) in [5.74, 6) is 3.57. The second-order valence-corrected chi connectivity index (χ2v) is 3.73. The first-order valence-electron chi connectivity index (χ1n) is 5.59. The molecule has 0 aromatic heterocycles. The quantitative estimate of drug-likeness (QED) is 0.584. The summed E-state index contributed by atoms with van der Waals surface area (Å²) in [6, 6.07) is 8.35. The largest absolute Gasteiger partial charge is 0.496 e. The van der Waals surface area contributed by atoms with Crippen molar-refractivity contribution in [2.45, 2.75) is 25.8 Å². The van der Waals surface area contributed by atoms with E-state index in [9.17, 15) is 0 Å². The smallest absolute Gasteiger partial charge is 0.123 e. The van der Waals surface area contributed by atoms with Crippen LogP contribution in [0.5, 0.6) is 5.75 Å². The Hall–Kier alpha value is -1.46. The molecular formula is C14H19NO. The van der Waals surface area contributed by atoms with E-state index in [2.05, 4.69) is 24.2 Å². The van der Waals surface area contributed by atoms with E-state index in [1.165, 1.54) is 5.56 Å². The van der Waals surface area contributed by atoms with Gasteiger partial charge in [-0.25, -0.2) is 0 Å². The highest BCUT2D eigenvalue weighted by molar-refractivity contribution is 5.35. The molecule has 0 aliphatic heterocycles. The number of para-hydroxylation sites is 1. The SMILES string of the molecule is C#CCCCNC(C)c1ccccc1OC. The number of nitrogens with one attached hydrogen (secondary N) is 1. The minimum absolute atomic E-state index is 0.286. The predicted octanol–water partition coefficient (Wildman–Crippen LogP) is 2.76. The van der Waals surface area contributed by atoms with Gasteiger partial charge in [0, 0.05) is 18.0 Å². The van der Waals surface area contributed by atoms with Crippen LogP contribution in [0.4, 0.5) is 0 Å². The Labute approximate surface area is 98.0 Å². The van der Waals surface area contributed by atoms with Crippen molar-refractivity contribution < 1.29 is 4.74 Å². The van der Waals surface area contributed by atoms with Crippen LogP contribution in [0.15, 0.2) is 24.3 Å². The molecule has 0 saturated heterocycles. The maximum Gasteiger partial charge on any atom is 0.123 e. The van der Waals surface area contributed by atoms with Gasteiger partial charge in [0.2, 0.25) is 0 Å². The van der Waals surface area contributed by atoms with Crippen LogP contribution in [0.25, 0.3) is 0 Å². The van der Waals surface area contributed by atoms with E-state index in [0.29, 0.717) is 0 Å². The van der Waals surface area contributed by atoms with Crippen LogP contribution in [0.3, 0.4) is 0 Å². The lowest BCUT2D eigenvalue weighted by atomic mass is 10.1. The topological polar surface area (TPSA) is 21.3 Å². The molecule has 0 bridgehead atoms. The second-order valence-electron chi connectivity index (χ2n) is 3.73. The highest BCUT2D eigenvalue weighted by Crippen LogP contribution is 2.24. The molecule has 1 aromatic carbocycles. The van der Waals surface area contributed by atoms with E-state index in [0.717, 1.165) is 25.1 Å². The molecular weight excluding hydrogens is 198 g/mol. The van der Waals surface area contributed by atoms with Gasteiger partial charge in [-0.15, -0.1) is 12.3 Å². The summed E-state index contributed by atoms with van der Waals surface area (Å²) in [5.41, 5.74) is 1.19. The first kappa shape index (κ1) is 12.6. The third-order valence-electron chi connectivity index (χ3n) is 2.55. The van der Waals surface area contributed by atoms with E-state index < -0.39 is 0 Å². The highest BCUT2D eigenvalue weighted by Gasteiger charge is 2.09. The van der Waals surface area contributed by atoms with Gasteiger partial charge in [0.1, 0.15) is 5.75 Å². The van der Waals surface area contributed by atoms with Crippen molar-refractivity contribution >= 4 is 0 Å². The lowest BCUT2D eigenvalue weighted by molar-refractivity contribution is 0.401. The highest BCUT2D eigenvalue weighted by atomic mass is 16.5. The monoisotopic (exact) mass is 217 g/mol. The number of rotatable bonds is 6. The van der Waals surface area contributed by atoms with Gasteiger partial charge in [0.15, 0.2) is 0 Å². The van der Waals surface area contributed by atoms with Crippen LogP contribution < -0.4 is 10.1 Å². The standard InChI is InChI=1S/C14H19NO/c1-4-5-8-11-15-12(2)13-9-6-7-10-14(13)16-3/h1,6-7,9-10,12,15H,5,8,11H2,2-3H3. The van der Waals surface area contributed by atoms with Crippen LogP contribution in [0.1, 0.15) is 31.4 Å². The van der Waals surface area contributed by atoms with Crippen LogP contribution in [-0.4, -0.2) is 13.7 Å². The van der Waals surface area contributed by atoms with E-state index >= 15 is 0 Å². The third-order valence-corrected chi connectivity index (χ3v) is 2.55. The number of ether oxygens (including phenoxy) is 1. The molecule has 1 unspecified atom stereocenters. The third kappa shape index (κ3) is 3.60. The lowest BCUT2D eigenvalue weighted by Gasteiger charge is -2.16. The van der Waals surface area contributed by atoms with Gasteiger partial charge in [-0.2, -0.15) is 0 Å². The van der Waals surface area contributed by atoms with Crippen molar-refractivity contribution in [3.63, 3.8) is 0 Å². The van der Waals surface area contributed by atoms with Crippen LogP contribution >= 0.6 is 0 Å². The minimum atomic E-state index is 0.286. The molecule has 1 atom stereocenters. The van der Waals surface area contributed by atoms with Crippen molar-refractivity contribution in [3.05, 3.63) is 29.8 Å². The Bertz CT molecular complexity index is 354. The summed E-state index contributed by atoms with van der Waals surface area (Å²) >= 11 is 0. The molecule has 16 heavy (non-hydrogen) atoms. The molecule has 0 amide bonds. The number of hydrogen-bond donors (Lipinski definition) is 1. The summed E-state index contributed by atoms with van der Waals surface area (Å²) in [4.78, 5) is 0. The van der Waals surface area contributed by atoms with Gasteiger partial charge in [-0.3, -0.25) is 0 Å². The molecule has 1 aromatic rings. The van der Waals surface area contributed by atoms with E-state index in [4.69, 9.17) is 11.2 Å². The van der Waals surface area contributed by atoms with E-state index in [-0.39, 0.29) is 6.04 Å². The first-order valence-corrected chi connectivity index (χ1v) is 5.59. The van der Waals surface area contributed by atoms with Crippen LogP contribution in [-0.2, 0) is 0 Å². The molecule has 0 saturated carbocycles. The Morgan fingerprint density at radius 3 is 2.88 bits per heavy atom. The van der Waals surface area contributed by atoms with Crippen molar-refractivity contribution in [1.82, 2.24) is 5.32 Å². The predicted molar refractivity (Wildman–Crippen MR) is 67.5 cm³/mol. The Morgan fingerprint density at radius 1 is 1.44 bits per heavy atom. The van der Waals surface area contributed by atoms with Crippen LogP contribution in [0, 0.1) is 12.3 Å². The van der Waals surface area contributed by atoms with Gasteiger partial charge in [0.25, 0.3) is 0 Å². The molecule has 86 valence electrons. The van der Waals surface area contributed by atoms with E-state index in [1.807, 2.05) is 18.2 Å². The number of terminal acetylenes is 1. The summed E-state index contributed by atoms with van der Waals surface area (Å²) in [6.07, 6.45) is 7.04. The Kier molecular flexibility index (Phi) is 5.45. The fourth-order valence-corrected chi connectivity index (χ4v) is 1.64. The normalized spacial score (nSPS) is 11.8. The second kappa shape index (κ2) is 6.92. The molecule has 0 heterocycles.